The number of carbonyl (C=O) groups excluding carboxylic acids is 1. The molecule has 0 N–H and O–H groups in total. The van der Waals surface area contributed by atoms with E-state index in [0.29, 0.717) is 0 Å². The molecular formula is C13H15NO2. The summed E-state index contributed by atoms with van der Waals surface area (Å²) in [5.74, 6) is -1.14. The van der Waals surface area contributed by atoms with Gasteiger partial charge in [0.2, 0.25) is 0 Å². The van der Waals surface area contributed by atoms with Gasteiger partial charge in [-0.3, -0.25) is 4.79 Å². The molecule has 0 fully saturated rings. The molecule has 1 aromatic rings. The molecule has 0 bridgehead atoms. The molecule has 3 heteroatoms. The fourth-order valence-corrected chi connectivity index (χ4v) is 1.29. The monoisotopic (exact) mass is 217 g/mol. The summed E-state index contributed by atoms with van der Waals surface area (Å²) in [6.45, 7) is 3.89. The van der Waals surface area contributed by atoms with Gasteiger partial charge in [0.25, 0.3) is 0 Å². The molecule has 3 nitrogen and oxygen atoms in total. The van der Waals surface area contributed by atoms with Gasteiger partial charge in [0.05, 0.1) is 6.07 Å². The molecule has 16 heavy (non-hydrogen) atoms. The molecule has 0 radical (unpaired) electrons. The summed E-state index contributed by atoms with van der Waals surface area (Å²) in [5.41, 5.74) is 0.927. The zero-order chi connectivity index (χ0) is 12.0. The summed E-state index contributed by atoms with van der Waals surface area (Å²) >= 11 is 0. The Balaban J connectivity index is 2.50. The molecule has 1 atom stereocenters. The van der Waals surface area contributed by atoms with Crippen LogP contribution in [-0.2, 0) is 16.1 Å². The Bertz CT molecular complexity index is 379. The maximum atomic E-state index is 11.5. The molecule has 0 aliphatic heterocycles. The molecule has 1 unspecified atom stereocenters. The number of esters is 1. The molecule has 0 heterocycles. The number of hydrogen-bond donors (Lipinski definition) is 0. The van der Waals surface area contributed by atoms with E-state index in [1.165, 1.54) is 0 Å². The van der Waals surface area contributed by atoms with E-state index in [1.54, 1.807) is 0 Å². The van der Waals surface area contributed by atoms with Gasteiger partial charge < -0.3 is 4.74 Å². The Kier molecular flexibility index (Phi) is 4.53. The predicted octanol–water partition coefficient (Wildman–Crippen LogP) is 2.53. The first kappa shape index (κ1) is 12.3. The van der Waals surface area contributed by atoms with Gasteiger partial charge in [0.15, 0.2) is 0 Å². The van der Waals surface area contributed by atoms with Crippen molar-refractivity contribution in [3.05, 3.63) is 35.9 Å². The van der Waals surface area contributed by atoms with Crippen molar-refractivity contribution >= 4 is 5.97 Å². The van der Waals surface area contributed by atoms with E-state index in [4.69, 9.17) is 10.00 Å². The summed E-state index contributed by atoms with van der Waals surface area (Å²) in [5, 5.41) is 8.81. The molecule has 1 aromatic carbocycles. The van der Waals surface area contributed by atoms with Crippen molar-refractivity contribution in [2.45, 2.75) is 20.5 Å². The van der Waals surface area contributed by atoms with Crippen LogP contribution in [-0.4, -0.2) is 5.97 Å². The van der Waals surface area contributed by atoms with Crippen LogP contribution in [0.25, 0.3) is 0 Å². The third-order valence-electron chi connectivity index (χ3n) is 2.28. The van der Waals surface area contributed by atoms with E-state index in [9.17, 15) is 4.79 Å². The molecule has 0 aliphatic carbocycles. The van der Waals surface area contributed by atoms with Crippen LogP contribution in [0, 0.1) is 23.2 Å². The lowest BCUT2D eigenvalue weighted by atomic mass is 9.98. The predicted molar refractivity (Wildman–Crippen MR) is 60.2 cm³/mol. The Morgan fingerprint density at radius 2 is 2.00 bits per heavy atom. The topological polar surface area (TPSA) is 50.1 Å². The first-order chi connectivity index (χ1) is 7.65. The highest BCUT2D eigenvalue weighted by atomic mass is 16.5. The minimum Gasteiger partial charge on any atom is -0.460 e. The van der Waals surface area contributed by atoms with Crippen molar-refractivity contribution < 1.29 is 9.53 Å². The number of benzene rings is 1. The van der Waals surface area contributed by atoms with E-state index in [1.807, 2.05) is 50.2 Å². The van der Waals surface area contributed by atoms with Crippen molar-refractivity contribution in [1.29, 1.82) is 5.26 Å². The summed E-state index contributed by atoms with van der Waals surface area (Å²) in [7, 11) is 0. The quantitative estimate of drug-likeness (QED) is 0.728. The maximum absolute atomic E-state index is 11.5. The largest absolute Gasteiger partial charge is 0.460 e. The van der Waals surface area contributed by atoms with Gasteiger partial charge in [-0.25, -0.2) is 0 Å². The number of nitriles is 1. The molecular weight excluding hydrogens is 202 g/mol. The van der Waals surface area contributed by atoms with Gasteiger partial charge in [-0.2, -0.15) is 5.26 Å². The number of ether oxygens (including phenoxy) is 1. The average molecular weight is 217 g/mol. The lowest BCUT2D eigenvalue weighted by molar-refractivity contribution is -0.149. The fraction of sp³-hybridized carbons (Fsp3) is 0.385. The standard InChI is InChI=1S/C13H15NO2/c1-10(2)12(8-14)13(15)16-9-11-6-4-3-5-7-11/h3-7,10,12H,9H2,1-2H3. The van der Waals surface area contributed by atoms with Crippen LogP contribution in [0.5, 0.6) is 0 Å². The zero-order valence-electron chi connectivity index (χ0n) is 9.51. The summed E-state index contributed by atoms with van der Waals surface area (Å²) in [6, 6.07) is 11.4. The van der Waals surface area contributed by atoms with Gasteiger partial charge in [-0.1, -0.05) is 44.2 Å². The van der Waals surface area contributed by atoms with Crippen LogP contribution in [0.4, 0.5) is 0 Å². The molecule has 84 valence electrons. The number of nitrogens with zero attached hydrogens (tertiary/aromatic N) is 1. The number of carbonyl (C=O) groups is 1. The smallest absolute Gasteiger partial charge is 0.323 e. The second kappa shape index (κ2) is 5.92. The van der Waals surface area contributed by atoms with Crippen LogP contribution in [0.2, 0.25) is 0 Å². The lowest BCUT2D eigenvalue weighted by Crippen LogP contribution is -2.21. The van der Waals surface area contributed by atoms with Crippen molar-refractivity contribution in [1.82, 2.24) is 0 Å². The van der Waals surface area contributed by atoms with Gasteiger partial charge in [-0.05, 0) is 11.5 Å². The molecule has 0 aliphatic rings. The second-order valence-corrected chi connectivity index (χ2v) is 3.94. The molecule has 0 aromatic heterocycles. The van der Waals surface area contributed by atoms with E-state index in [2.05, 4.69) is 0 Å². The van der Waals surface area contributed by atoms with Crippen LogP contribution >= 0.6 is 0 Å². The second-order valence-electron chi connectivity index (χ2n) is 3.94. The normalized spacial score (nSPS) is 11.9. The van der Waals surface area contributed by atoms with Crippen molar-refractivity contribution in [3.63, 3.8) is 0 Å². The average Bonchev–Trinajstić information content (AvgIpc) is 2.28. The highest BCUT2D eigenvalue weighted by molar-refractivity contribution is 5.75. The molecule has 0 saturated carbocycles. The van der Waals surface area contributed by atoms with Gasteiger partial charge in [0, 0.05) is 0 Å². The van der Waals surface area contributed by atoms with E-state index in [-0.39, 0.29) is 12.5 Å². The van der Waals surface area contributed by atoms with E-state index in [0.717, 1.165) is 5.56 Å². The van der Waals surface area contributed by atoms with E-state index < -0.39 is 11.9 Å². The number of hydrogen-bond acceptors (Lipinski definition) is 3. The SMILES string of the molecule is CC(C)C(C#N)C(=O)OCc1ccccc1. The molecule has 1 rings (SSSR count). The van der Waals surface area contributed by atoms with Crippen LogP contribution in [0.3, 0.4) is 0 Å². The Hall–Kier alpha value is -1.82. The molecule has 0 amide bonds. The maximum Gasteiger partial charge on any atom is 0.323 e. The van der Waals surface area contributed by atoms with Crippen molar-refractivity contribution in [2.24, 2.45) is 11.8 Å². The van der Waals surface area contributed by atoms with Crippen molar-refractivity contribution in [2.75, 3.05) is 0 Å². The highest BCUT2D eigenvalue weighted by Gasteiger charge is 2.23. The zero-order valence-corrected chi connectivity index (χ0v) is 9.51. The third-order valence-corrected chi connectivity index (χ3v) is 2.28. The van der Waals surface area contributed by atoms with Gasteiger partial charge in [-0.15, -0.1) is 0 Å². The first-order valence-electron chi connectivity index (χ1n) is 5.25. The highest BCUT2D eigenvalue weighted by Crippen LogP contribution is 2.12. The summed E-state index contributed by atoms with van der Waals surface area (Å²) in [4.78, 5) is 11.5. The molecule has 0 saturated heterocycles. The number of rotatable bonds is 4. The lowest BCUT2D eigenvalue weighted by Gasteiger charge is -2.12. The third kappa shape index (κ3) is 3.39. The summed E-state index contributed by atoms with van der Waals surface area (Å²) < 4.78 is 5.08. The minimum atomic E-state index is -0.677. The molecule has 0 spiro atoms. The fourth-order valence-electron chi connectivity index (χ4n) is 1.29. The van der Waals surface area contributed by atoms with E-state index >= 15 is 0 Å². The van der Waals surface area contributed by atoms with Gasteiger partial charge >= 0.3 is 5.97 Å². The Morgan fingerprint density at radius 3 is 2.50 bits per heavy atom. The first-order valence-corrected chi connectivity index (χ1v) is 5.25. The minimum absolute atomic E-state index is 0.0201. The Labute approximate surface area is 95.7 Å². The van der Waals surface area contributed by atoms with Crippen LogP contribution < -0.4 is 0 Å². The van der Waals surface area contributed by atoms with Crippen LogP contribution in [0.1, 0.15) is 19.4 Å². The van der Waals surface area contributed by atoms with Crippen molar-refractivity contribution in [3.8, 4) is 6.07 Å². The van der Waals surface area contributed by atoms with Gasteiger partial charge in [0.1, 0.15) is 12.5 Å². The summed E-state index contributed by atoms with van der Waals surface area (Å²) in [6.07, 6.45) is 0. The van der Waals surface area contributed by atoms with Crippen LogP contribution in [0.15, 0.2) is 30.3 Å². The Morgan fingerprint density at radius 1 is 1.38 bits per heavy atom.